The lowest BCUT2D eigenvalue weighted by Gasteiger charge is -2.24. The lowest BCUT2D eigenvalue weighted by Crippen LogP contribution is -2.32. The van der Waals surface area contributed by atoms with Crippen molar-refractivity contribution in [1.82, 2.24) is 4.90 Å². The summed E-state index contributed by atoms with van der Waals surface area (Å²) in [5, 5.41) is 6.31. The molecule has 2 heterocycles. The van der Waals surface area contributed by atoms with Gasteiger partial charge in [0.2, 0.25) is 5.91 Å². The molecule has 1 saturated carbocycles. The Kier molecular flexibility index (Phi) is 6.72. The zero-order valence-electron chi connectivity index (χ0n) is 16.5. The van der Waals surface area contributed by atoms with Crippen LogP contribution in [0, 0.1) is 11.8 Å². The first-order chi connectivity index (χ1) is 14.2. The number of hydrogen-bond acceptors (Lipinski definition) is 4. The van der Waals surface area contributed by atoms with E-state index < -0.39 is 0 Å². The molecule has 0 radical (unpaired) electrons. The van der Waals surface area contributed by atoms with E-state index in [0.717, 1.165) is 46.3 Å². The molecular weight excluding hydrogens is 398 g/mol. The molecule has 2 bridgehead atoms. The number of rotatable bonds is 5. The molecular formula is C23H27N3OS2. The number of nitrogens with one attached hydrogen (secondary N) is 2. The predicted molar refractivity (Wildman–Crippen MR) is 127 cm³/mol. The largest absolute Gasteiger partial charge is 0.357 e. The summed E-state index contributed by atoms with van der Waals surface area (Å²) in [4.78, 5) is 14.7. The third kappa shape index (κ3) is 5.73. The lowest BCUT2D eigenvalue weighted by atomic mass is 9.84. The first-order valence-electron chi connectivity index (χ1n) is 10.3. The zero-order chi connectivity index (χ0) is 20.1. The first-order valence-corrected chi connectivity index (χ1v) is 11.7. The van der Waals surface area contributed by atoms with E-state index in [4.69, 9.17) is 12.2 Å². The van der Waals surface area contributed by atoms with Crippen molar-refractivity contribution in [3.8, 4) is 0 Å². The van der Waals surface area contributed by atoms with Crippen LogP contribution in [0.5, 0.6) is 0 Å². The monoisotopic (exact) mass is 425 g/mol. The number of carbonyl (C=O) groups is 1. The zero-order valence-corrected chi connectivity index (χ0v) is 18.1. The van der Waals surface area contributed by atoms with Gasteiger partial charge in [-0.1, -0.05) is 42.2 Å². The molecule has 29 heavy (non-hydrogen) atoms. The molecule has 4 nitrogen and oxygen atoms in total. The number of nitrogens with zero attached hydrogens (tertiary/aromatic N) is 1. The van der Waals surface area contributed by atoms with Crippen LogP contribution in [-0.4, -0.2) is 34.0 Å². The number of carbonyl (C=O) groups excluding carboxylic acids is 1. The van der Waals surface area contributed by atoms with Gasteiger partial charge in [-0.15, -0.1) is 0 Å². The Labute approximate surface area is 182 Å². The maximum Gasteiger partial charge on any atom is 0.234 e. The van der Waals surface area contributed by atoms with E-state index in [-0.39, 0.29) is 5.91 Å². The van der Waals surface area contributed by atoms with Crippen LogP contribution < -0.4 is 10.6 Å². The molecule has 3 aliphatic rings. The second-order valence-corrected chi connectivity index (χ2v) is 9.57. The summed E-state index contributed by atoms with van der Waals surface area (Å²) in [6, 6.07) is 17.8. The van der Waals surface area contributed by atoms with Crippen molar-refractivity contribution in [1.29, 1.82) is 0 Å². The second kappa shape index (κ2) is 9.63. The highest BCUT2D eigenvalue weighted by molar-refractivity contribution is 8.23. The summed E-state index contributed by atoms with van der Waals surface area (Å²) >= 11 is 7.12. The molecule has 2 aromatic carbocycles. The third-order valence-corrected chi connectivity index (χ3v) is 7.26. The van der Waals surface area contributed by atoms with Crippen molar-refractivity contribution < 1.29 is 4.79 Å². The molecule has 5 rings (SSSR count). The molecule has 1 aliphatic carbocycles. The quantitative estimate of drug-likeness (QED) is 0.619. The maximum atomic E-state index is 12.4. The molecule has 2 aromatic rings. The van der Waals surface area contributed by atoms with E-state index in [0.29, 0.717) is 5.75 Å². The third-order valence-electron chi connectivity index (χ3n) is 5.74. The van der Waals surface area contributed by atoms with Gasteiger partial charge in [0.1, 0.15) is 4.32 Å². The van der Waals surface area contributed by atoms with Crippen LogP contribution in [0.3, 0.4) is 0 Å². The van der Waals surface area contributed by atoms with Crippen LogP contribution in [0.2, 0.25) is 0 Å². The Morgan fingerprint density at radius 3 is 2.07 bits per heavy atom. The maximum absolute atomic E-state index is 12.4. The number of thiocarbonyl (C=S) groups is 1. The second-order valence-electron chi connectivity index (χ2n) is 7.96. The average molecular weight is 426 g/mol. The van der Waals surface area contributed by atoms with E-state index in [1.54, 1.807) is 0 Å². The van der Waals surface area contributed by atoms with Crippen molar-refractivity contribution in [2.24, 2.45) is 11.8 Å². The van der Waals surface area contributed by atoms with Gasteiger partial charge in [0.25, 0.3) is 0 Å². The molecule has 6 heteroatoms. The lowest BCUT2D eigenvalue weighted by molar-refractivity contribution is -0.113. The number of hydrogen-bond donors (Lipinski definition) is 2. The highest BCUT2D eigenvalue weighted by Gasteiger charge is 2.30. The number of anilines is 3. The van der Waals surface area contributed by atoms with Gasteiger partial charge in [-0.3, -0.25) is 4.79 Å². The van der Waals surface area contributed by atoms with Crippen LogP contribution in [0.15, 0.2) is 54.6 Å². The van der Waals surface area contributed by atoms with Crippen LogP contribution in [-0.2, 0) is 4.79 Å². The SMILES string of the molecule is O=C(CSC(=S)N1CC2CCC(CC2)C1)Nc1ccc(Nc2ccccc2)cc1. The van der Waals surface area contributed by atoms with Gasteiger partial charge in [-0.25, -0.2) is 0 Å². The number of benzene rings is 2. The molecule has 1 amide bonds. The van der Waals surface area contributed by atoms with E-state index in [1.165, 1.54) is 37.4 Å². The summed E-state index contributed by atoms with van der Waals surface area (Å²) in [5.74, 6) is 1.90. The van der Waals surface area contributed by atoms with Gasteiger partial charge >= 0.3 is 0 Å². The van der Waals surface area contributed by atoms with Gasteiger partial charge in [0.05, 0.1) is 5.75 Å². The molecule has 0 unspecified atom stereocenters. The molecule has 0 aromatic heterocycles. The Morgan fingerprint density at radius 1 is 0.897 bits per heavy atom. The van der Waals surface area contributed by atoms with Crippen LogP contribution in [0.1, 0.15) is 25.7 Å². The molecule has 152 valence electrons. The van der Waals surface area contributed by atoms with Crippen LogP contribution in [0.25, 0.3) is 0 Å². The summed E-state index contributed by atoms with van der Waals surface area (Å²) in [5.41, 5.74) is 2.82. The van der Waals surface area contributed by atoms with Crippen molar-refractivity contribution in [3.63, 3.8) is 0 Å². The number of para-hydroxylation sites is 1. The number of thioether (sulfide) groups is 1. The van der Waals surface area contributed by atoms with E-state index in [2.05, 4.69) is 15.5 Å². The molecule has 0 atom stereocenters. The van der Waals surface area contributed by atoms with E-state index in [1.807, 2.05) is 54.6 Å². The highest BCUT2D eigenvalue weighted by Crippen LogP contribution is 2.34. The first kappa shape index (κ1) is 20.2. The van der Waals surface area contributed by atoms with Crippen molar-refractivity contribution >= 4 is 51.3 Å². The van der Waals surface area contributed by atoms with Gasteiger partial charge in [-0.05, 0) is 73.9 Å². The molecule has 2 saturated heterocycles. The van der Waals surface area contributed by atoms with E-state index in [9.17, 15) is 4.79 Å². The number of fused-ring (bicyclic) bond motifs is 4. The topological polar surface area (TPSA) is 44.4 Å². The summed E-state index contributed by atoms with van der Waals surface area (Å²) in [6.45, 7) is 2.14. The van der Waals surface area contributed by atoms with Gasteiger partial charge in [0.15, 0.2) is 0 Å². The molecule has 0 spiro atoms. The summed E-state index contributed by atoms with van der Waals surface area (Å²) in [6.07, 6.45) is 5.35. The molecule has 2 aliphatic heterocycles. The molecule has 3 fully saturated rings. The Hall–Kier alpha value is -2.05. The minimum absolute atomic E-state index is 0.0149. The standard InChI is InChI=1S/C23H27N3OS2/c27-22(16-29-23(28)26-14-17-6-7-18(15-26)9-8-17)25-21-12-10-20(11-13-21)24-19-4-2-1-3-5-19/h1-5,10-13,17-18,24H,6-9,14-16H2,(H,25,27). The Balaban J connectivity index is 1.23. The highest BCUT2D eigenvalue weighted by atomic mass is 32.2. The van der Waals surface area contributed by atoms with E-state index >= 15 is 0 Å². The fraction of sp³-hybridized carbons (Fsp3) is 0.391. The van der Waals surface area contributed by atoms with Crippen LogP contribution in [0.4, 0.5) is 17.1 Å². The fourth-order valence-corrected chi connectivity index (χ4v) is 5.17. The van der Waals surface area contributed by atoms with Crippen molar-refractivity contribution in [2.45, 2.75) is 25.7 Å². The van der Waals surface area contributed by atoms with Gasteiger partial charge in [0, 0.05) is 30.2 Å². The molecule has 2 N–H and O–H groups in total. The van der Waals surface area contributed by atoms with Crippen LogP contribution >= 0.6 is 24.0 Å². The number of amides is 1. The van der Waals surface area contributed by atoms with Gasteiger partial charge in [-0.2, -0.15) is 0 Å². The Morgan fingerprint density at radius 2 is 1.45 bits per heavy atom. The Bertz CT molecular complexity index is 819. The predicted octanol–water partition coefficient (Wildman–Crippen LogP) is 5.51. The summed E-state index contributed by atoms with van der Waals surface area (Å²) in [7, 11) is 0. The smallest absolute Gasteiger partial charge is 0.234 e. The minimum Gasteiger partial charge on any atom is -0.357 e. The van der Waals surface area contributed by atoms with Crippen molar-refractivity contribution in [2.75, 3.05) is 29.5 Å². The summed E-state index contributed by atoms with van der Waals surface area (Å²) < 4.78 is 0.876. The average Bonchev–Trinajstić information content (AvgIpc) is 3.08. The van der Waals surface area contributed by atoms with Crippen molar-refractivity contribution in [3.05, 3.63) is 54.6 Å². The minimum atomic E-state index is -0.0149. The normalized spacial score (nSPS) is 20.8. The van der Waals surface area contributed by atoms with Gasteiger partial charge < -0.3 is 15.5 Å². The fourth-order valence-electron chi connectivity index (χ4n) is 4.18.